The van der Waals surface area contributed by atoms with E-state index in [1.54, 1.807) is 47.6 Å². The first-order valence-corrected chi connectivity index (χ1v) is 9.65. The van der Waals surface area contributed by atoms with Crippen LogP contribution in [0.4, 0.5) is 21.0 Å². The first-order valence-electron chi connectivity index (χ1n) is 9.65. The molecule has 1 unspecified atom stereocenters. The summed E-state index contributed by atoms with van der Waals surface area (Å²) >= 11 is 0. The van der Waals surface area contributed by atoms with Crippen LogP contribution in [-0.4, -0.2) is 48.0 Å². The number of hydrogen-bond acceptors (Lipinski definition) is 8. The SMILES string of the molecule is CC(C)(C)OC(=O)N(C(=O)OC(C)(C)C)c1cc(C2CNCCO2)ccc1[N+](=O)[O-]. The lowest BCUT2D eigenvalue weighted by Crippen LogP contribution is -2.44. The highest BCUT2D eigenvalue weighted by Crippen LogP contribution is 2.34. The molecule has 10 nitrogen and oxygen atoms in total. The van der Waals surface area contributed by atoms with Crippen LogP contribution >= 0.6 is 0 Å². The van der Waals surface area contributed by atoms with E-state index in [1.165, 1.54) is 12.1 Å². The Balaban J connectivity index is 2.56. The molecule has 30 heavy (non-hydrogen) atoms. The third-order valence-corrected chi connectivity index (χ3v) is 3.89. The molecule has 1 aliphatic rings. The van der Waals surface area contributed by atoms with Crippen LogP contribution in [0.5, 0.6) is 0 Å². The van der Waals surface area contributed by atoms with Gasteiger partial charge in [0.2, 0.25) is 0 Å². The average Bonchev–Trinajstić information content (AvgIpc) is 2.59. The lowest BCUT2D eigenvalue weighted by Gasteiger charge is -2.29. The summed E-state index contributed by atoms with van der Waals surface area (Å²) in [5.74, 6) is 0. The van der Waals surface area contributed by atoms with Crippen LogP contribution in [-0.2, 0) is 14.2 Å². The molecule has 1 aromatic carbocycles. The second-order valence-electron chi connectivity index (χ2n) is 8.86. The van der Waals surface area contributed by atoms with Crippen molar-refractivity contribution in [3.05, 3.63) is 33.9 Å². The van der Waals surface area contributed by atoms with Gasteiger partial charge in [-0.15, -0.1) is 0 Å². The van der Waals surface area contributed by atoms with Crippen molar-refractivity contribution in [2.45, 2.75) is 58.8 Å². The van der Waals surface area contributed by atoms with E-state index in [0.29, 0.717) is 30.2 Å². The van der Waals surface area contributed by atoms with Crippen LogP contribution in [0.15, 0.2) is 18.2 Å². The van der Waals surface area contributed by atoms with Crippen molar-refractivity contribution in [3.8, 4) is 0 Å². The summed E-state index contributed by atoms with van der Waals surface area (Å²) < 4.78 is 16.4. The van der Waals surface area contributed by atoms with Gasteiger partial charge in [0.15, 0.2) is 0 Å². The first-order chi connectivity index (χ1) is 13.8. The number of nitro groups is 1. The quantitative estimate of drug-likeness (QED) is 0.573. The molecule has 0 aliphatic carbocycles. The number of rotatable bonds is 3. The molecule has 1 atom stereocenters. The van der Waals surface area contributed by atoms with Crippen molar-refractivity contribution >= 4 is 23.6 Å². The molecular formula is C20H29N3O7. The fourth-order valence-corrected chi connectivity index (χ4v) is 2.74. The third-order valence-electron chi connectivity index (χ3n) is 3.89. The maximum absolute atomic E-state index is 12.9. The summed E-state index contributed by atoms with van der Waals surface area (Å²) in [5, 5.41) is 14.8. The monoisotopic (exact) mass is 423 g/mol. The summed E-state index contributed by atoms with van der Waals surface area (Å²) in [6, 6.07) is 4.18. The topological polar surface area (TPSA) is 120 Å². The molecule has 2 rings (SSSR count). The van der Waals surface area contributed by atoms with E-state index in [2.05, 4.69) is 5.32 Å². The molecule has 2 amide bonds. The summed E-state index contributed by atoms with van der Waals surface area (Å²) in [7, 11) is 0. The standard InChI is InChI=1S/C20H29N3O7/c1-19(2,3)29-17(24)22(18(25)30-20(4,5)6)15-11-13(7-8-14(15)23(26)27)16-12-21-9-10-28-16/h7-8,11,16,21H,9-10,12H2,1-6H3. The summed E-state index contributed by atoms with van der Waals surface area (Å²) in [6.45, 7) is 11.4. The number of amides is 2. The number of nitrogens with zero attached hydrogens (tertiary/aromatic N) is 2. The lowest BCUT2D eigenvalue weighted by atomic mass is 10.1. The minimum Gasteiger partial charge on any atom is -0.443 e. The largest absolute Gasteiger partial charge is 0.443 e. The van der Waals surface area contributed by atoms with Crippen LogP contribution in [0.3, 0.4) is 0 Å². The van der Waals surface area contributed by atoms with E-state index in [4.69, 9.17) is 14.2 Å². The predicted molar refractivity (Wildman–Crippen MR) is 110 cm³/mol. The number of hydrogen-bond donors (Lipinski definition) is 1. The number of carbonyl (C=O) groups excluding carboxylic acids is 2. The third kappa shape index (κ3) is 6.39. The fourth-order valence-electron chi connectivity index (χ4n) is 2.74. The van der Waals surface area contributed by atoms with Crippen LogP contribution < -0.4 is 10.2 Å². The molecule has 0 saturated carbocycles. The van der Waals surface area contributed by atoms with Crippen molar-refractivity contribution in [2.24, 2.45) is 0 Å². The fraction of sp³-hybridized carbons (Fsp3) is 0.600. The van der Waals surface area contributed by atoms with Gasteiger partial charge in [0.25, 0.3) is 5.69 Å². The van der Waals surface area contributed by atoms with Gasteiger partial charge in [-0.1, -0.05) is 0 Å². The predicted octanol–water partition coefficient (Wildman–Crippen LogP) is 3.93. The smallest absolute Gasteiger partial charge is 0.424 e. The maximum Gasteiger partial charge on any atom is 0.424 e. The Bertz CT molecular complexity index is 778. The summed E-state index contributed by atoms with van der Waals surface area (Å²) in [4.78, 5) is 37.3. The first kappa shape index (κ1) is 23.6. The number of ether oxygens (including phenoxy) is 3. The number of benzene rings is 1. The van der Waals surface area contributed by atoms with E-state index < -0.39 is 34.0 Å². The molecule has 1 saturated heterocycles. The Morgan fingerprint density at radius 3 is 2.13 bits per heavy atom. The normalized spacial score (nSPS) is 17.2. The number of anilines is 1. The van der Waals surface area contributed by atoms with Gasteiger partial charge in [0.05, 0.1) is 17.6 Å². The summed E-state index contributed by atoms with van der Waals surface area (Å²) in [5.41, 5.74) is -1.95. The van der Waals surface area contributed by atoms with E-state index in [0.717, 1.165) is 0 Å². The van der Waals surface area contributed by atoms with Gasteiger partial charge in [0, 0.05) is 19.2 Å². The molecular weight excluding hydrogens is 394 g/mol. The minimum absolute atomic E-state index is 0.241. The molecule has 166 valence electrons. The Morgan fingerprint density at radius 2 is 1.70 bits per heavy atom. The molecule has 0 spiro atoms. The molecule has 1 fully saturated rings. The number of carbonyl (C=O) groups is 2. The van der Waals surface area contributed by atoms with Crippen molar-refractivity contribution in [3.63, 3.8) is 0 Å². The molecule has 1 aliphatic heterocycles. The maximum atomic E-state index is 12.9. The zero-order valence-electron chi connectivity index (χ0n) is 18.2. The zero-order chi connectivity index (χ0) is 22.7. The second-order valence-corrected chi connectivity index (χ2v) is 8.86. The number of morpholine rings is 1. The van der Waals surface area contributed by atoms with Crippen LogP contribution in [0, 0.1) is 10.1 Å². The van der Waals surface area contributed by atoms with Crippen LogP contribution in [0.1, 0.15) is 53.2 Å². The van der Waals surface area contributed by atoms with E-state index in [9.17, 15) is 19.7 Å². The van der Waals surface area contributed by atoms with Gasteiger partial charge in [-0.2, -0.15) is 4.90 Å². The minimum atomic E-state index is -1.07. The van der Waals surface area contributed by atoms with Crippen LogP contribution in [0.25, 0.3) is 0 Å². The van der Waals surface area contributed by atoms with Gasteiger partial charge < -0.3 is 19.5 Å². The van der Waals surface area contributed by atoms with Gasteiger partial charge >= 0.3 is 12.2 Å². The number of nitro benzene ring substituents is 1. The molecule has 0 bridgehead atoms. The van der Waals surface area contributed by atoms with Crippen LogP contribution in [0.2, 0.25) is 0 Å². The molecule has 0 radical (unpaired) electrons. The van der Waals surface area contributed by atoms with Crippen molar-refractivity contribution in [2.75, 3.05) is 24.6 Å². The van der Waals surface area contributed by atoms with Crippen molar-refractivity contribution < 1.29 is 28.7 Å². The van der Waals surface area contributed by atoms with Gasteiger partial charge in [-0.25, -0.2) is 9.59 Å². The number of nitrogens with one attached hydrogen (secondary N) is 1. The molecule has 1 heterocycles. The van der Waals surface area contributed by atoms with Crippen molar-refractivity contribution in [1.29, 1.82) is 0 Å². The molecule has 1 aromatic rings. The Labute approximate surface area is 175 Å². The van der Waals surface area contributed by atoms with E-state index in [1.807, 2.05) is 0 Å². The average molecular weight is 423 g/mol. The highest BCUT2D eigenvalue weighted by atomic mass is 16.6. The molecule has 1 N–H and O–H groups in total. The number of imide groups is 1. The van der Waals surface area contributed by atoms with Gasteiger partial charge in [0.1, 0.15) is 16.9 Å². The zero-order valence-corrected chi connectivity index (χ0v) is 18.2. The van der Waals surface area contributed by atoms with Gasteiger partial charge in [-0.3, -0.25) is 10.1 Å². The highest BCUT2D eigenvalue weighted by Gasteiger charge is 2.37. The Kier molecular flexibility index (Phi) is 7.04. The molecule has 10 heteroatoms. The molecule has 0 aromatic heterocycles. The summed E-state index contributed by atoms with van der Waals surface area (Å²) in [6.07, 6.45) is -2.52. The van der Waals surface area contributed by atoms with E-state index >= 15 is 0 Å². The van der Waals surface area contributed by atoms with E-state index in [-0.39, 0.29) is 11.8 Å². The second kappa shape index (κ2) is 8.97. The lowest BCUT2D eigenvalue weighted by molar-refractivity contribution is -0.384. The highest BCUT2D eigenvalue weighted by molar-refractivity contribution is 6.11. The van der Waals surface area contributed by atoms with Crippen molar-refractivity contribution in [1.82, 2.24) is 5.32 Å². The van der Waals surface area contributed by atoms with Gasteiger partial charge in [-0.05, 0) is 59.2 Å². The Hall–Kier alpha value is -2.72. The Morgan fingerprint density at radius 1 is 1.13 bits per heavy atom.